The summed E-state index contributed by atoms with van der Waals surface area (Å²) in [5, 5.41) is 0. The fourth-order valence-electron chi connectivity index (χ4n) is 4.33. The van der Waals surface area contributed by atoms with E-state index >= 15 is 0 Å². The molecule has 2 fully saturated rings. The molecule has 0 radical (unpaired) electrons. The van der Waals surface area contributed by atoms with Crippen molar-refractivity contribution in [3.05, 3.63) is 93.4 Å². The van der Waals surface area contributed by atoms with Crippen molar-refractivity contribution >= 4 is 52.1 Å². The molecule has 10 nitrogen and oxygen atoms in total. The van der Waals surface area contributed by atoms with Crippen LogP contribution < -0.4 is 0 Å². The predicted molar refractivity (Wildman–Crippen MR) is 148 cm³/mol. The number of hydrogen-bond donors (Lipinski definition) is 0. The Morgan fingerprint density at radius 1 is 0.725 bits per heavy atom. The van der Waals surface area contributed by atoms with E-state index in [0.29, 0.717) is 14.5 Å². The summed E-state index contributed by atoms with van der Waals surface area (Å²) in [6.07, 6.45) is -7.27. The van der Waals surface area contributed by atoms with E-state index in [9.17, 15) is 16.8 Å². The van der Waals surface area contributed by atoms with Crippen molar-refractivity contribution < 1.29 is 44.1 Å². The molecule has 6 unspecified atom stereocenters. The van der Waals surface area contributed by atoms with Crippen LogP contribution in [0, 0.1) is 0 Å². The van der Waals surface area contributed by atoms with Gasteiger partial charge in [0, 0.05) is 21.6 Å². The van der Waals surface area contributed by atoms with Crippen LogP contribution in [0.4, 0.5) is 0 Å². The van der Waals surface area contributed by atoms with Gasteiger partial charge < -0.3 is 18.9 Å². The molecule has 0 saturated carbocycles. The lowest BCUT2D eigenvalue weighted by Gasteiger charge is -2.47. The van der Waals surface area contributed by atoms with Crippen LogP contribution in [0.25, 0.3) is 0 Å². The third kappa shape index (κ3) is 6.51. The molecule has 2 heterocycles. The summed E-state index contributed by atoms with van der Waals surface area (Å²) in [5.41, 5.74) is 0.671. The molecule has 5 rings (SSSR count). The Morgan fingerprint density at radius 2 is 1.25 bits per heavy atom. The first kappa shape index (κ1) is 29.8. The smallest absolute Gasteiger partial charge is 0.297 e. The molecule has 0 amide bonds. The van der Waals surface area contributed by atoms with Crippen molar-refractivity contribution in [2.24, 2.45) is 0 Å². The second kappa shape index (κ2) is 12.3. The number of methoxy groups -OCH3 is 1. The first-order valence-corrected chi connectivity index (χ1v) is 16.4. The van der Waals surface area contributed by atoms with Gasteiger partial charge in [0.25, 0.3) is 20.2 Å². The average molecular weight is 720 g/mol. The second-order valence-electron chi connectivity index (χ2n) is 8.89. The number of ether oxygens (including phenoxy) is 4. The van der Waals surface area contributed by atoms with E-state index in [2.05, 4.69) is 31.9 Å². The number of fused-ring (bicyclic) bond motifs is 1. The molecule has 214 valence electrons. The number of benzene rings is 3. The van der Waals surface area contributed by atoms with Crippen LogP contribution in [-0.2, 0) is 47.5 Å². The monoisotopic (exact) mass is 718 g/mol. The zero-order chi connectivity index (χ0) is 28.5. The van der Waals surface area contributed by atoms with Crippen molar-refractivity contribution in [1.29, 1.82) is 0 Å². The Hall–Kier alpha value is -1.72. The largest absolute Gasteiger partial charge is 0.353 e. The fraction of sp³-hybridized carbons (Fsp3) is 0.308. The van der Waals surface area contributed by atoms with E-state index in [-0.39, 0.29) is 16.4 Å². The summed E-state index contributed by atoms with van der Waals surface area (Å²) >= 11 is 6.55. The van der Waals surface area contributed by atoms with Gasteiger partial charge in [-0.05, 0) is 48.5 Å². The lowest BCUT2D eigenvalue weighted by atomic mass is 9.98. The van der Waals surface area contributed by atoms with Gasteiger partial charge in [0.1, 0.15) is 18.3 Å². The minimum absolute atomic E-state index is 0.00549. The Morgan fingerprint density at radius 3 is 1.77 bits per heavy atom. The van der Waals surface area contributed by atoms with Crippen molar-refractivity contribution in [1.82, 2.24) is 0 Å². The summed E-state index contributed by atoms with van der Waals surface area (Å²) in [6.45, 7) is -0.00549. The van der Waals surface area contributed by atoms with Crippen LogP contribution in [0.3, 0.4) is 0 Å². The van der Waals surface area contributed by atoms with Gasteiger partial charge in [-0.1, -0.05) is 62.2 Å². The van der Waals surface area contributed by atoms with Gasteiger partial charge in [-0.15, -0.1) is 0 Å². The Kier molecular flexibility index (Phi) is 9.12. The summed E-state index contributed by atoms with van der Waals surface area (Å²) in [4.78, 5) is -0.300. The zero-order valence-electron chi connectivity index (χ0n) is 20.8. The molecule has 0 aromatic heterocycles. The van der Waals surface area contributed by atoms with Crippen molar-refractivity contribution in [3.63, 3.8) is 0 Å². The van der Waals surface area contributed by atoms with E-state index in [0.717, 1.165) is 0 Å². The summed E-state index contributed by atoms with van der Waals surface area (Å²) in [7, 11) is -7.58. The molecular formula is C26H24Br2O10S2. The lowest BCUT2D eigenvalue weighted by molar-refractivity contribution is -0.351. The first-order chi connectivity index (χ1) is 19.1. The molecule has 2 saturated heterocycles. The molecule has 0 aliphatic carbocycles. The molecule has 0 N–H and O–H groups in total. The SMILES string of the molecule is COC1OC2COC(c3ccccc3)OC2C(OS(=O)(=O)c2ccc(Br)cc2)C1OS(=O)(=O)c1ccc(Br)cc1. The highest BCUT2D eigenvalue weighted by molar-refractivity contribution is 9.10. The van der Waals surface area contributed by atoms with E-state index in [1.165, 1.54) is 43.5 Å². The molecule has 2 aliphatic rings. The normalized spacial score (nSPS) is 27.2. The van der Waals surface area contributed by atoms with Crippen molar-refractivity contribution in [3.8, 4) is 0 Å². The first-order valence-electron chi connectivity index (χ1n) is 12.0. The van der Waals surface area contributed by atoms with Gasteiger partial charge in [0.05, 0.1) is 16.4 Å². The molecule has 3 aromatic carbocycles. The zero-order valence-corrected chi connectivity index (χ0v) is 25.6. The third-order valence-electron chi connectivity index (χ3n) is 6.27. The molecule has 0 spiro atoms. The standard InChI is InChI=1S/C26H24Br2O10S2/c1-33-26-24(38-40(31,32)20-13-9-18(28)10-14-20)23(37-39(29,30)19-11-7-17(27)8-12-19)22-21(35-26)15-34-25(36-22)16-5-3-2-4-6-16/h2-14,21-26H,15H2,1H3. The fourth-order valence-corrected chi connectivity index (χ4v) is 7.03. The van der Waals surface area contributed by atoms with Crippen LogP contribution in [0.2, 0.25) is 0 Å². The number of hydrogen-bond acceptors (Lipinski definition) is 10. The molecule has 0 bridgehead atoms. The number of rotatable bonds is 8. The van der Waals surface area contributed by atoms with Gasteiger partial charge >= 0.3 is 0 Å². The van der Waals surface area contributed by atoms with Crippen molar-refractivity contribution in [2.45, 2.75) is 46.8 Å². The minimum atomic E-state index is -4.43. The molecule has 3 aromatic rings. The topological polar surface area (TPSA) is 124 Å². The van der Waals surface area contributed by atoms with E-state index < -0.39 is 57.2 Å². The van der Waals surface area contributed by atoms with E-state index in [1.54, 1.807) is 36.4 Å². The van der Waals surface area contributed by atoms with Crippen LogP contribution in [-0.4, -0.2) is 61.3 Å². The molecule has 40 heavy (non-hydrogen) atoms. The maximum Gasteiger partial charge on any atom is 0.297 e. The molecule has 14 heteroatoms. The lowest BCUT2D eigenvalue weighted by Crippen LogP contribution is -2.64. The van der Waals surface area contributed by atoms with Gasteiger partial charge in [0.15, 0.2) is 18.7 Å². The predicted octanol–water partition coefficient (Wildman–Crippen LogP) is 4.55. The average Bonchev–Trinajstić information content (AvgIpc) is 2.94. The van der Waals surface area contributed by atoms with Crippen LogP contribution in [0.15, 0.2) is 97.6 Å². The highest BCUT2D eigenvalue weighted by atomic mass is 79.9. The minimum Gasteiger partial charge on any atom is -0.353 e. The summed E-state index contributed by atoms with van der Waals surface area (Å²) in [5.74, 6) is 0. The highest BCUT2D eigenvalue weighted by Crippen LogP contribution is 2.38. The van der Waals surface area contributed by atoms with E-state index in [1.807, 2.05) is 6.07 Å². The van der Waals surface area contributed by atoms with Crippen LogP contribution >= 0.6 is 31.9 Å². The van der Waals surface area contributed by atoms with Crippen LogP contribution in [0.5, 0.6) is 0 Å². The van der Waals surface area contributed by atoms with Gasteiger partial charge in [-0.2, -0.15) is 16.8 Å². The van der Waals surface area contributed by atoms with Gasteiger partial charge in [0.2, 0.25) is 0 Å². The third-order valence-corrected chi connectivity index (χ3v) is 9.98. The summed E-state index contributed by atoms with van der Waals surface area (Å²) in [6, 6.07) is 20.6. The highest BCUT2D eigenvalue weighted by Gasteiger charge is 2.54. The Bertz CT molecular complexity index is 1520. The van der Waals surface area contributed by atoms with Crippen LogP contribution in [0.1, 0.15) is 11.9 Å². The van der Waals surface area contributed by atoms with Gasteiger partial charge in [-0.3, -0.25) is 8.37 Å². The Labute approximate surface area is 249 Å². The van der Waals surface area contributed by atoms with E-state index in [4.69, 9.17) is 27.3 Å². The van der Waals surface area contributed by atoms with Gasteiger partial charge in [-0.25, -0.2) is 0 Å². The molecule has 6 atom stereocenters. The molecule has 2 aliphatic heterocycles. The number of halogens is 2. The maximum absolute atomic E-state index is 13.4. The van der Waals surface area contributed by atoms with Crippen molar-refractivity contribution in [2.75, 3.05) is 13.7 Å². The molecular weight excluding hydrogens is 696 g/mol. The second-order valence-corrected chi connectivity index (χ2v) is 13.9. The summed E-state index contributed by atoms with van der Waals surface area (Å²) < 4.78 is 89.5. The quantitative estimate of drug-likeness (QED) is 0.307. The maximum atomic E-state index is 13.4. The Balaban J connectivity index is 1.53.